The first-order valence-corrected chi connectivity index (χ1v) is 6.61. The van der Waals surface area contributed by atoms with Crippen LogP contribution < -0.4 is 4.74 Å². The predicted octanol–water partition coefficient (Wildman–Crippen LogP) is 2.76. The van der Waals surface area contributed by atoms with Crippen molar-refractivity contribution in [2.24, 2.45) is 0 Å². The molecule has 0 saturated heterocycles. The lowest BCUT2D eigenvalue weighted by Crippen LogP contribution is -2.14. The number of benzene rings is 1. The van der Waals surface area contributed by atoms with Crippen molar-refractivity contribution in [2.45, 2.75) is 13.0 Å². The summed E-state index contributed by atoms with van der Waals surface area (Å²) in [6.45, 7) is 0.0276. The summed E-state index contributed by atoms with van der Waals surface area (Å²) in [5, 5.41) is 15.4. The molecule has 112 valence electrons. The van der Waals surface area contributed by atoms with Crippen LogP contribution in [0.1, 0.15) is 22.6 Å². The Morgan fingerprint density at radius 1 is 1.38 bits per heavy atom. The molecule has 0 bridgehead atoms. The third-order valence-corrected chi connectivity index (χ3v) is 3.10. The molecule has 1 aromatic heterocycles. The van der Waals surface area contributed by atoms with E-state index in [4.69, 9.17) is 9.84 Å². The topological polar surface area (TPSA) is 77.2 Å². The van der Waals surface area contributed by atoms with Gasteiger partial charge in [-0.05, 0) is 24.3 Å². The fourth-order valence-electron chi connectivity index (χ4n) is 1.63. The minimum atomic E-state index is -2.97. The number of aromatic nitrogens is 3. The molecule has 0 saturated carbocycles. The first kappa shape index (κ1) is 15.4. The maximum absolute atomic E-state index is 12.9. The highest BCUT2D eigenvalue weighted by Gasteiger charge is 2.26. The minimum Gasteiger partial charge on any atom is -0.492 e. The number of carbonyl (C=O) groups is 1. The van der Waals surface area contributed by atoms with Crippen LogP contribution in [0.3, 0.4) is 0 Å². The number of nitrogens with zero attached hydrogens (tertiary/aromatic N) is 3. The van der Waals surface area contributed by atoms with Gasteiger partial charge in [0.25, 0.3) is 6.43 Å². The molecule has 0 aliphatic rings. The van der Waals surface area contributed by atoms with E-state index in [9.17, 15) is 13.6 Å². The van der Waals surface area contributed by atoms with E-state index in [2.05, 4.69) is 26.2 Å². The second kappa shape index (κ2) is 6.61. The molecule has 0 fully saturated rings. The third-order valence-electron chi connectivity index (χ3n) is 2.57. The van der Waals surface area contributed by atoms with Crippen LogP contribution in [-0.4, -0.2) is 32.7 Å². The largest absolute Gasteiger partial charge is 0.492 e. The summed E-state index contributed by atoms with van der Waals surface area (Å²) in [6, 6.07) is 6.97. The van der Waals surface area contributed by atoms with Crippen LogP contribution in [-0.2, 0) is 6.54 Å². The molecule has 1 heterocycles. The molecule has 2 aromatic rings. The number of aromatic carboxylic acids is 1. The van der Waals surface area contributed by atoms with Crippen molar-refractivity contribution in [3.8, 4) is 5.75 Å². The van der Waals surface area contributed by atoms with E-state index in [0.29, 0.717) is 5.75 Å². The van der Waals surface area contributed by atoms with E-state index >= 15 is 0 Å². The van der Waals surface area contributed by atoms with Crippen LogP contribution in [0.25, 0.3) is 0 Å². The molecule has 1 aromatic carbocycles. The van der Waals surface area contributed by atoms with Gasteiger partial charge in [-0.3, -0.25) is 0 Å². The molecule has 2 rings (SSSR count). The standard InChI is InChI=1S/C12H10BrF2N3O3/c13-7-1-3-8(4-2-7)21-6-5-18-10(11(14)15)9(12(19)20)16-17-18/h1-4,11H,5-6H2,(H,19,20). The van der Waals surface area contributed by atoms with Gasteiger partial charge in [-0.15, -0.1) is 5.10 Å². The molecule has 9 heteroatoms. The van der Waals surface area contributed by atoms with Gasteiger partial charge in [0, 0.05) is 4.47 Å². The molecular formula is C12H10BrF2N3O3. The Bertz CT molecular complexity index is 631. The zero-order valence-corrected chi connectivity index (χ0v) is 12.1. The van der Waals surface area contributed by atoms with Crippen LogP contribution in [0.4, 0.5) is 8.78 Å². The van der Waals surface area contributed by atoms with Crippen molar-refractivity contribution in [1.29, 1.82) is 0 Å². The number of hydrogen-bond acceptors (Lipinski definition) is 4. The Hall–Kier alpha value is -2.03. The van der Waals surface area contributed by atoms with E-state index in [0.717, 1.165) is 9.15 Å². The smallest absolute Gasteiger partial charge is 0.358 e. The number of carboxylic acid groups (broad SMARTS) is 1. The molecule has 0 unspecified atom stereocenters. The molecule has 6 nitrogen and oxygen atoms in total. The number of carboxylic acids is 1. The number of halogens is 3. The zero-order chi connectivity index (χ0) is 15.4. The second-order valence-electron chi connectivity index (χ2n) is 3.95. The summed E-state index contributed by atoms with van der Waals surface area (Å²) in [6.07, 6.45) is -2.97. The second-order valence-corrected chi connectivity index (χ2v) is 4.87. The van der Waals surface area contributed by atoms with Gasteiger partial charge in [0.15, 0.2) is 5.69 Å². The Kier molecular flexibility index (Phi) is 4.84. The molecule has 0 spiro atoms. The maximum Gasteiger partial charge on any atom is 0.358 e. The van der Waals surface area contributed by atoms with Crippen molar-refractivity contribution in [3.63, 3.8) is 0 Å². The Morgan fingerprint density at radius 3 is 2.62 bits per heavy atom. The lowest BCUT2D eigenvalue weighted by molar-refractivity contribution is 0.0675. The third kappa shape index (κ3) is 3.75. The van der Waals surface area contributed by atoms with Crippen molar-refractivity contribution < 1.29 is 23.4 Å². The van der Waals surface area contributed by atoms with Gasteiger partial charge in [0.2, 0.25) is 0 Å². The predicted molar refractivity (Wildman–Crippen MR) is 71.6 cm³/mol. The highest BCUT2D eigenvalue weighted by atomic mass is 79.9. The first-order valence-electron chi connectivity index (χ1n) is 5.82. The van der Waals surface area contributed by atoms with Crippen molar-refractivity contribution in [2.75, 3.05) is 6.61 Å². The molecule has 0 aliphatic heterocycles. The van der Waals surface area contributed by atoms with Crippen LogP contribution in [0.2, 0.25) is 0 Å². The summed E-state index contributed by atoms with van der Waals surface area (Å²) in [4.78, 5) is 10.8. The molecule has 0 atom stereocenters. The Morgan fingerprint density at radius 2 is 2.05 bits per heavy atom. The van der Waals surface area contributed by atoms with Gasteiger partial charge in [-0.25, -0.2) is 18.3 Å². The average molecular weight is 362 g/mol. The number of hydrogen-bond donors (Lipinski definition) is 1. The monoisotopic (exact) mass is 361 g/mol. The molecule has 21 heavy (non-hydrogen) atoms. The van der Waals surface area contributed by atoms with Crippen LogP contribution in [0.5, 0.6) is 5.75 Å². The van der Waals surface area contributed by atoms with Gasteiger partial charge < -0.3 is 9.84 Å². The van der Waals surface area contributed by atoms with Gasteiger partial charge in [0.1, 0.15) is 18.1 Å². The summed E-state index contributed by atoms with van der Waals surface area (Å²) in [5.41, 5.74) is -1.46. The van der Waals surface area contributed by atoms with E-state index in [1.807, 2.05) is 0 Å². The van der Waals surface area contributed by atoms with Gasteiger partial charge in [0.05, 0.1) is 6.54 Å². The van der Waals surface area contributed by atoms with Crippen molar-refractivity contribution in [1.82, 2.24) is 15.0 Å². The Labute approximate surface area is 126 Å². The van der Waals surface area contributed by atoms with Gasteiger partial charge in [-0.2, -0.15) is 0 Å². The van der Waals surface area contributed by atoms with E-state index in [1.54, 1.807) is 24.3 Å². The molecular weight excluding hydrogens is 352 g/mol. The normalized spacial score (nSPS) is 10.9. The maximum atomic E-state index is 12.9. The fourth-order valence-corrected chi connectivity index (χ4v) is 1.90. The quantitative estimate of drug-likeness (QED) is 0.855. The summed E-state index contributed by atoms with van der Waals surface area (Å²) >= 11 is 3.28. The first-order chi connectivity index (χ1) is 9.99. The number of alkyl halides is 2. The van der Waals surface area contributed by atoms with E-state index < -0.39 is 23.8 Å². The summed E-state index contributed by atoms with van der Waals surface area (Å²) in [5.74, 6) is -0.972. The fraction of sp³-hybridized carbons (Fsp3) is 0.250. The zero-order valence-electron chi connectivity index (χ0n) is 10.5. The molecule has 0 amide bonds. The highest BCUT2D eigenvalue weighted by Crippen LogP contribution is 2.21. The van der Waals surface area contributed by atoms with E-state index in [-0.39, 0.29) is 13.2 Å². The van der Waals surface area contributed by atoms with E-state index in [1.165, 1.54) is 0 Å². The van der Waals surface area contributed by atoms with Gasteiger partial charge in [-0.1, -0.05) is 21.1 Å². The van der Waals surface area contributed by atoms with Crippen molar-refractivity contribution in [3.05, 3.63) is 40.1 Å². The van der Waals surface area contributed by atoms with Crippen LogP contribution in [0, 0.1) is 0 Å². The summed E-state index contributed by atoms with van der Waals surface area (Å²) < 4.78 is 32.8. The SMILES string of the molecule is O=C(O)c1nnn(CCOc2ccc(Br)cc2)c1C(F)F. The minimum absolute atomic E-state index is 0.0317. The lowest BCUT2D eigenvalue weighted by Gasteiger charge is -2.08. The van der Waals surface area contributed by atoms with Crippen LogP contribution >= 0.6 is 15.9 Å². The molecule has 0 radical (unpaired) electrons. The van der Waals surface area contributed by atoms with Gasteiger partial charge >= 0.3 is 5.97 Å². The van der Waals surface area contributed by atoms with Crippen molar-refractivity contribution >= 4 is 21.9 Å². The number of rotatable bonds is 6. The number of ether oxygens (including phenoxy) is 1. The average Bonchev–Trinajstić information content (AvgIpc) is 2.85. The lowest BCUT2D eigenvalue weighted by atomic mass is 10.3. The Balaban J connectivity index is 2.03. The summed E-state index contributed by atoms with van der Waals surface area (Å²) in [7, 11) is 0. The molecule has 1 N–H and O–H groups in total. The molecule has 0 aliphatic carbocycles. The van der Waals surface area contributed by atoms with Crippen LogP contribution in [0.15, 0.2) is 28.7 Å². The highest BCUT2D eigenvalue weighted by molar-refractivity contribution is 9.10.